The van der Waals surface area contributed by atoms with Crippen LogP contribution in [0.15, 0.2) is 11.6 Å². The van der Waals surface area contributed by atoms with Gasteiger partial charge < -0.3 is 53.4 Å². The average molecular weight is 754 g/mol. The number of hydrogen-bond acceptors (Lipinski definition) is 11. The number of thioether (sulfide) groups is 1. The van der Waals surface area contributed by atoms with Crippen molar-refractivity contribution in [1.82, 2.24) is 42.5 Å². The topological polar surface area (TPSA) is 296 Å². The van der Waals surface area contributed by atoms with Crippen molar-refractivity contribution in [3.8, 4) is 0 Å². The van der Waals surface area contributed by atoms with E-state index in [1.165, 1.54) is 18.5 Å². The lowest BCUT2D eigenvalue weighted by Gasteiger charge is -2.37. The van der Waals surface area contributed by atoms with Gasteiger partial charge in [0.25, 0.3) is 0 Å². The SMILES string of the molecule is CCCCC(=O)NC(C)C(=O)NC1CC2(CS/C=C\NC(=O)C(CO)NC(=O)C(CCC(N)=O)NC2=O)NC(=O)CNC(=O)C(CC(C)C)NC1=O. The van der Waals surface area contributed by atoms with Gasteiger partial charge in [0.2, 0.25) is 53.2 Å². The number of nitrogens with one attached hydrogen (secondary N) is 8. The van der Waals surface area contributed by atoms with Crippen LogP contribution in [-0.4, -0.2) is 113 Å². The van der Waals surface area contributed by atoms with Crippen LogP contribution in [-0.2, 0) is 43.2 Å². The van der Waals surface area contributed by atoms with Crippen LogP contribution in [0.25, 0.3) is 0 Å². The molecule has 0 aromatic heterocycles. The Hall–Kier alpha value is -4.72. The zero-order chi connectivity index (χ0) is 39.0. The van der Waals surface area contributed by atoms with E-state index in [-0.39, 0.29) is 30.9 Å². The van der Waals surface area contributed by atoms with E-state index in [9.17, 15) is 48.3 Å². The average Bonchev–Trinajstić information content (AvgIpc) is 3.08. The first kappa shape index (κ1) is 43.4. The molecule has 11 N–H and O–H groups in total. The van der Waals surface area contributed by atoms with Crippen molar-refractivity contribution >= 4 is 64.9 Å². The molecular formula is C32H51N9O10S. The number of aliphatic hydroxyl groups excluding tert-OH is 1. The van der Waals surface area contributed by atoms with Gasteiger partial charge in [-0.1, -0.05) is 27.2 Å². The van der Waals surface area contributed by atoms with Gasteiger partial charge in [0, 0.05) is 31.2 Å². The Kier molecular flexibility index (Phi) is 17.5. The number of primary amides is 1. The fraction of sp³-hybridized carbons (Fsp3) is 0.656. The molecule has 0 aromatic rings. The van der Waals surface area contributed by atoms with E-state index in [0.717, 1.165) is 18.2 Å². The summed E-state index contributed by atoms with van der Waals surface area (Å²) in [7, 11) is 0. The number of amides is 9. The number of carbonyl (C=O) groups is 9. The zero-order valence-corrected chi connectivity index (χ0v) is 30.6. The van der Waals surface area contributed by atoms with E-state index in [2.05, 4.69) is 42.5 Å². The predicted molar refractivity (Wildman–Crippen MR) is 188 cm³/mol. The Balaban J connectivity index is 2.68. The summed E-state index contributed by atoms with van der Waals surface area (Å²) in [5.74, 6) is -7.70. The zero-order valence-electron chi connectivity index (χ0n) is 29.8. The predicted octanol–water partition coefficient (Wildman–Crippen LogP) is -3.37. The highest BCUT2D eigenvalue weighted by molar-refractivity contribution is 8.02. The summed E-state index contributed by atoms with van der Waals surface area (Å²) in [5, 5.41) is 31.1. The van der Waals surface area contributed by atoms with E-state index < -0.39 is 115 Å². The van der Waals surface area contributed by atoms with E-state index in [0.29, 0.717) is 6.42 Å². The molecule has 0 aromatic carbocycles. The summed E-state index contributed by atoms with van der Waals surface area (Å²) in [4.78, 5) is 119. The van der Waals surface area contributed by atoms with Crippen molar-refractivity contribution in [3.63, 3.8) is 0 Å². The first-order valence-corrected chi connectivity index (χ1v) is 18.1. The van der Waals surface area contributed by atoms with Crippen molar-refractivity contribution < 1.29 is 48.3 Å². The van der Waals surface area contributed by atoms with Crippen LogP contribution in [0.1, 0.15) is 72.6 Å². The van der Waals surface area contributed by atoms with E-state index >= 15 is 0 Å². The van der Waals surface area contributed by atoms with Gasteiger partial charge in [-0.2, -0.15) is 0 Å². The molecular weight excluding hydrogens is 702 g/mol. The highest BCUT2D eigenvalue weighted by Crippen LogP contribution is 2.23. The van der Waals surface area contributed by atoms with Gasteiger partial charge in [-0.05, 0) is 37.5 Å². The molecule has 6 atom stereocenters. The van der Waals surface area contributed by atoms with Gasteiger partial charge in [-0.3, -0.25) is 43.2 Å². The monoisotopic (exact) mass is 753 g/mol. The molecule has 1 fully saturated rings. The summed E-state index contributed by atoms with van der Waals surface area (Å²) in [5.41, 5.74) is 3.19. The quantitative estimate of drug-likeness (QED) is 0.0939. The third-order valence-corrected chi connectivity index (χ3v) is 9.11. The summed E-state index contributed by atoms with van der Waals surface area (Å²) in [6.07, 6.45) is 1.44. The smallest absolute Gasteiger partial charge is 0.248 e. The lowest BCUT2D eigenvalue weighted by Crippen LogP contribution is -2.67. The Morgan fingerprint density at radius 2 is 1.65 bits per heavy atom. The van der Waals surface area contributed by atoms with Gasteiger partial charge >= 0.3 is 0 Å². The minimum Gasteiger partial charge on any atom is -0.394 e. The van der Waals surface area contributed by atoms with E-state index in [1.54, 1.807) is 0 Å². The second-order valence-electron chi connectivity index (χ2n) is 13.1. The molecule has 290 valence electrons. The maximum atomic E-state index is 14.4. The number of unbranched alkanes of at least 4 members (excludes halogenated alkanes) is 1. The molecule has 2 aliphatic heterocycles. The summed E-state index contributed by atoms with van der Waals surface area (Å²) in [6, 6.07) is -6.85. The molecule has 9 amide bonds. The molecule has 2 rings (SSSR count). The normalized spacial score (nSPS) is 26.3. The third kappa shape index (κ3) is 13.8. The molecule has 2 heterocycles. The number of aliphatic hydroxyl groups is 1. The Bertz CT molecular complexity index is 1390. The van der Waals surface area contributed by atoms with Gasteiger partial charge in [0.15, 0.2) is 0 Å². The molecule has 0 radical (unpaired) electrons. The first-order chi connectivity index (χ1) is 24.5. The summed E-state index contributed by atoms with van der Waals surface area (Å²) < 4.78 is 0. The number of carbonyl (C=O) groups excluding carboxylic acids is 9. The number of nitrogens with two attached hydrogens (primary N) is 1. The lowest BCUT2D eigenvalue weighted by molar-refractivity contribution is -0.138. The minimum absolute atomic E-state index is 0.0912. The highest BCUT2D eigenvalue weighted by atomic mass is 32.2. The van der Waals surface area contributed by atoms with Crippen LogP contribution < -0.4 is 48.3 Å². The molecule has 0 bridgehead atoms. The van der Waals surface area contributed by atoms with Gasteiger partial charge in [0.05, 0.1) is 13.2 Å². The number of hydrogen-bond donors (Lipinski definition) is 10. The van der Waals surface area contributed by atoms with E-state index in [4.69, 9.17) is 5.73 Å². The maximum absolute atomic E-state index is 14.4. The molecule has 2 aliphatic rings. The van der Waals surface area contributed by atoms with Gasteiger partial charge in [-0.15, -0.1) is 11.8 Å². The summed E-state index contributed by atoms with van der Waals surface area (Å²) >= 11 is 0.903. The lowest BCUT2D eigenvalue weighted by atomic mass is 9.89. The fourth-order valence-electron chi connectivity index (χ4n) is 5.28. The molecule has 20 heteroatoms. The van der Waals surface area contributed by atoms with Crippen LogP contribution >= 0.6 is 11.8 Å². The molecule has 6 unspecified atom stereocenters. The largest absolute Gasteiger partial charge is 0.394 e. The fourth-order valence-corrected chi connectivity index (χ4v) is 6.15. The van der Waals surface area contributed by atoms with Crippen LogP contribution in [0.4, 0.5) is 0 Å². The van der Waals surface area contributed by atoms with Gasteiger partial charge in [0.1, 0.15) is 35.7 Å². The summed E-state index contributed by atoms with van der Waals surface area (Å²) in [6.45, 7) is 5.49. The van der Waals surface area contributed by atoms with Crippen molar-refractivity contribution in [2.75, 3.05) is 18.9 Å². The second kappa shape index (κ2) is 21.0. The molecule has 1 spiro atoms. The van der Waals surface area contributed by atoms with Gasteiger partial charge in [-0.25, -0.2) is 0 Å². The second-order valence-corrected chi connectivity index (χ2v) is 14.0. The van der Waals surface area contributed by atoms with Crippen LogP contribution in [0.5, 0.6) is 0 Å². The Labute approximate surface area is 305 Å². The Morgan fingerprint density at radius 1 is 0.962 bits per heavy atom. The van der Waals surface area contributed by atoms with Crippen LogP contribution in [0.2, 0.25) is 0 Å². The molecule has 19 nitrogen and oxygen atoms in total. The molecule has 0 aliphatic carbocycles. The van der Waals surface area contributed by atoms with E-state index in [1.807, 2.05) is 20.8 Å². The van der Waals surface area contributed by atoms with Crippen molar-refractivity contribution in [3.05, 3.63) is 11.6 Å². The van der Waals surface area contributed by atoms with Crippen molar-refractivity contribution in [1.29, 1.82) is 0 Å². The highest BCUT2D eigenvalue weighted by Gasteiger charge is 2.46. The molecule has 52 heavy (non-hydrogen) atoms. The Morgan fingerprint density at radius 3 is 2.29 bits per heavy atom. The van der Waals surface area contributed by atoms with Crippen molar-refractivity contribution in [2.45, 2.75) is 108 Å². The number of rotatable bonds is 12. The first-order valence-electron chi connectivity index (χ1n) is 17.1. The maximum Gasteiger partial charge on any atom is 0.248 e. The minimum atomic E-state index is -2.11. The van der Waals surface area contributed by atoms with Crippen molar-refractivity contribution in [2.24, 2.45) is 11.7 Å². The van der Waals surface area contributed by atoms with Crippen LogP contribution in [0, 0.1) is 5.92 Å². The molecule has 1 saturated heterocycles. The third-order valence-electron chi connectivity index (χ3n) is 8.13. The standard InChI is InChI=1S/C32H51N9O10S/c1-5-6-7-24(44)36-18(4)26(46)38-21-13-32(41-25(45)14-35-27(47)20(12-17(2)3)37-30(21)50)16-52-11-10-34-28(48)22(15-42)39-29(49)19(40-31(32)51)8-9-23(33)43/h10-11,17-22,42H,5-9,12-16H2,1-4H3,(H2,33,43)(H,34,48)(H,35,47)(H,36,44)(H,37,50)(H,38,46)(H,39,49)(H,40,51)(H,41,45)/b11-10-. The van der Waals surface area contributed by atoms with Crippen LogP contribution in [0.3, 0.4) is 0 Å². The molecule has 0 saturated carbocycles.